The molecule has 2 rings (SSSR count). The molecule has 1 aromatic carbocycles. The zero-order valence-corrected chi connectivity index (χ0v) is 20.0. The van der Waals surface area contributed by atoms with E-state index in [4.69, 9.17) is 24.5 Å². The third-order valence-corrected chi connectivity index (χ3v) is 5.32. The highest BCUT2D eigenvalue weighted by Crippen LogP contribution is 2.34. The van der Waals surface area contributed by atoms with Gasteiger partial charge in [-0.2, -0.15) is 0 Å². The summed E-state index contributed by atoms with van der Waals surface area (Å²) in [6, 6.07) is 9.72. The molecular formula is C22H27N3O8S. The molecule has 0 aliphatic heterocycles. The van der Waals surface area contributed by atoms with Crippen LogP contribution in [0.1, 0.15) is 38.1 Å². The Hall–Kier alpha value is -3.77. The largest absolute Gasteiger partial charge is 0.473 e. The minimum atomic E-state index is -1.82. The summed E-state index contributed by atoms with van der Waals surface area (Å²) in [5.41, 5.74) is 1.80. The number of benzene rings is 1. The van der Waals surface area contributed by atoms with E-state index in [1.54, 1.807) is 27.9 Å². The van der Waals surface area contributed by atoms with Crippen molar-refractivity contribution in [1.29, 1.82) is 0 Å². The number of nitrogens with zero attached hydrogens (tertiary/aromatic N) is 1. The highest BCUT2D eigenvalue weighted by molar-refractivity contribution is 7.18. The zero-order valence-electron chi connectivity index (χ0n) is 19.2. The summed E-state index contributed by atoms with van der Waals surface area (Å²) in [4.78, 5) is 57.1. The van der Waals surface area contributed by atoms with E-state index < -0.39 is 17.9 Å². The molecule has 0 aliphatic rings. The molecule has 0 radical (unpaired) electrons. The van der Waals surface area contributed by atoms with Gasteiger partial charge in [0.2, 0.25) is 5.91 Å². The topological polar surface area (TPSA) is 162 Å². The molecule has 184 valence electrons. The smallest absolute Gasteiger partial charge is 0.414 e. The van der Waals surface area contributed by atoms with E-state index in [1.165, 1.54) is 4.90 Å². The molecule has 12 heteroatoms. The number of thiophene rings is 1. The normalized spacial score (nSPS) is 9.88. The number of carboxylic acid groups (broad SMARTS) is 2. The van der Waals surface area contributed by atoms with Gasteiger partial charge in [0, 0.05) is 20.6 Å². The number of anilines is 1. The number of carboxylic acids is 2. The van der Waals surface area contributed by atoms with Crippen LogP contribution in [0, 0.1) is 6.92 Å². The Morgan fingerprint density at radius 1 is 1.03 bits per heavy atom. The van der Waals surface area contributed by atoms with E-state index in [0.717, 1.165) is 16.9 Å². The van der Waals surface area contributed by atoms with Crippen LogP contribution < -0.4 is 10.6 Å². The molecular weight excluding hydrogens is 466 g/mol. The van der Waals surface area contributed by atoms with Gasteiger partial charge in [0.1, 0.15) is 5.00 Å². The fourth-order valence-electron chi connectivity index (χ4n) is 2.54. The van der Waals surface area contributed by atoms with Gasteiger partial charge in [-0.25, -0.2) is 14.4 Å². The third-order valence-electron chi connectivity index (χ3n) is 4.12. The summed E-state index contributed by atoms with van der Waals surface area (Å²) < 4.78 is 5.10. The molecule has 0 atom stereocenters. The lowest BCUT2D eigenvalue weighted by Gasteiger charge is -2.09. The molecule has 11 nitrogen and oxygen atoms in total. The van der Waals surface area contributed by atoms with Crippen molar-refractivity contribution in [3.63, 3.8) is 0 Å². The number of ether oxygens (including phenoxy) is 1. The van der Waals surface area contributed by atoms with Crippen LogP contribution >= 0.6 is 11.3 Å². The number of amides is 2. The van der Waals surface area contributed by atoms with Gasteiger partial charge in [0.25, 0.3) is 5.91 Å². The molecule has 0 aliphatic carbocycles. The predicted molar refractivity (Wildman–Crippen MR) is 125 cm³/mol. The van der Waals surface area contributed by atoms with Crippen LogP contribution in [0.2, 0.25) is 0 Å². The quantitative estimate of drug-likeness (QED) is 0.317. The second kappa shape index (κ2) is 13.7. The van der Waals surface area contributed by atoms with Crippen molar-refractivity contribution in [2.75, 3.05) is 32.6 Å². The first-order valence-electron chi connectivity index (χ1n) is 10.0. The average Bonchev–Trinajstić information content (AvgIpc) is 3.09. The fraction of sp³-hybridized carbons (Fsp3) is 0.318. The van der Waals surface area contributed by atoms with E-state index in [1.807, 2.05) is 30.3 Å². The Morgan fingerprint density at radius 2 is 1.62 bits per heavy atom. The highest BCUT2D eigenvalue weighted by Gasteiger charge is 2.27. The highest BCUT2D eigenvalue weighted by atomic mass is 32.1. The van der Waals surface area contributed by atoms with Crippen LogP contribution in [0.15, 0.2) is 30.3 Å². The Kier molecular flexibility index (Phi) is 11.4. The van der Waals surface area contributed by atoms with Gasteiger partial charge in [-0.1, -0.05) is 30.3 Å². The number of aliphatic carboxylic acids is 2. The summed E-state index contributed by atoms with van der Waals surface area (Å²) in [6.07, 6.45) is 0. The van der Waals surface area contributed by atoms with Crippen molar-refractivity contribution >= 4 is 46.1 Å². The number of hydrogen-bond donors (Lipinski definition) is 4. The maximum Gasteiger partial charge on any atom is 0.414 e. The first kappa shape index (κ1) is 28.3. The van der Waals surface area contributed by atoms with Crippen molar-refractivity contribution in [3.8, 4) is 0 Å². The molecule has 0 bridgehead atoms. The maximum atomic E-state index is 12.4. The second-order valence-corrected chi connectivity index (χ2v) is 7.95. The van der Waals surface area contributed by atoms with Gasteiger partial charge in [-0.15, -0.1) is 11.3 Å². The minimum absolute atomic E-state index is 0.0745. The fourth-order valence-corrected chi connectivity index (χ4v) is 3.78. The maximum absolute atomic E-state index is 12.4. The number of esters is 1. The van der Waals surface area contributed by atoms with E-state index in [9.17, 15) is 14.4 Å². The van der Waals surface area contributed by atoms with E-state index >= 15 is 0 Å². The molecule has 0 saturated carbocycles. The van der Waals surface area contributed by atoms with Gasteiger partial charge in [0.15, 0.2) is 0 Å². The summed E-state index contributed by atoms with van der Waals surface area (Å²) in [6.45, 7) is 4.22. The summed E-state index contributed by atoms with van der Waals surface area (Å²) >= 11 is 1.08. The molecule has 2 aromatic rings. The number of rotatable bonds is 8. The van der Waals surface area contributed by atoms with Crippen molar-refractivity contribution in [2.45, 2.75) is 20.4 Å². The van der Waals surface area contributed by atoms with E-state index in [0.29, 0.717) is 22.0 Å². The zero-order chi connectivity index (χ0) is 25.8. The van der Waals surface area contributed by atoms with E-state index in [-0.39, 0.29) is 30.5 Å². The van der Waals surface area contributed by atoms with Crippen LogP contribution in [0.5, 0.6) is 0 Å². The van der Waals surface area contributed by atoms with Crippen LogP contribution in [0.25, 0.3) is 0 Å². The third kappa shape index (κ3) is 8.64. The minimum Gasteiger partial charge on any atom is -0.473 e. The molecule has 0 fully saturated rings. The number of carbonyl (C=O) groups excluding carboxylic acids is 3. The lowest BCUT2D eigenvalue weighted by molar-refractivity contribution is -0.159. The summed E-state index contributed by atoms with van der Waals surface area (Å²) in [5, 5.41) is 20.9. The molecule has 0 saturated heterocycles. The second-order valence-electron chi connectivity index (χ2n) is 6.93. The monoisotopic (exact) mass is 493 g/mol. The van der Waals surface area contributed by atoms with Gasteiger partial charge in [-0.3, -0.25) is 9.59 Å². The average molecular weight is 494 g/mol. The van der Waals surface area contributed by atoms with Crippen molar-refractivity contribution in [2.24, 2.45) is 0 Å². The van der Waals surface area contributed by atoms with Crippen molar-refractivity contribution in [1.82, 2.24) is 10.2 Å². The molecule has 1 heterocycles. The van der Waals surface area contributed by atoms with Gasteiger partial charge < -0.3 is 30.5 Å². The van der Waals surface area contributed by atoms with Crippen LogP contribution in [0.4, 0.5) is 5.00 Å². The molecule has 34 heavy (non-hydrogen) atoms. The number of nitrogens with one attached hydrogen (secondary N) is 2. The summed E-state index contributed by atoms with van der Waals surface area (Å²) in [5.74, 6) is -4.73. The Bertz CT molecular complexity index is 1020. The van der Waals surface area contributed by atoms with Crippen LogP contribution in [0.3, 0.4) is 0 Å². The van der Waals surface area contributed by atoms with Gasteiger partial charge in [-0.05, 0) is 25.0 Å². The SMILES string of the molecule is CCOC(=O)c1c(NC(=O)CNCc2ccccc2)sc(C(=O)N(C)C)c1C.O=C(O)C(=O)O. The first-order chi connectivity index (χ1) is 16.0. The Balaban J connectivity index is 0.000000852. The molecule has 0 unspecified atom stereocenters. The predicted octanol–water partition coefficient (Wildman–Crippen LogP) is 1.82. The lowest BCUT2D eigenvalue weighted by atomic mass is 10.1. The lowest BCUT2D eigenvalue weighted by Crippen LogP contribution is -2.28. The molecule has 0 spiro atoms. The number of carbonyl (C=O) groups is 5. The standard InChI is InChI=1S/C20H25N3O4S.C2H2O4/c1-5-27-20(26)16-13(2)17(19(25)23(3)4)28-18(16)22-15(24)12-21-11-14-9-7-6-8-10-14;3-1(4)2(5)6/h6-10,21H,5,11-12H2,1-4H3,(H,22,24);(H,3,4)(H,5,6). The first-order valence-corrected chi connectivity index (χ1v) is 10.8. The van der Waals surface area contributed by atoms with Crippen LogP contribution in [-0.4, -0.2) is 72.1 Å². The number of hydrogen-bond acceptors (Lipinski definition) is 8. The van der Waals surface area contributed by atoms with Crippen molar-refractivity contribution < 1.29 is 38.9 Å². The molecule has 2 amide bonds. The van der Waals surface area contributed by atoms with Crippen molar-refractivity contribution in [3.05, 3.63) is 51.9 Å². The van der Waals surface area contributed by atoms with E-state index in [2.05, 4.69) is 10.6 Å². The summed E-state index contributed by atoms with van der Waals surface area (Å²) in [7, 11) is 3.27. The molecule has 1 aromatic heterocycles. The van der Waals surface area contributed by atoms with Crippen LogP contribution in [-0.2, 0) is 25.7 Å². The Morgan fingerprint density at radius 3 is 2.12 bits per heavy atom. The van der Waals surface area contributed by atoms with Gasteiger partial charge in [0.05, 0.1) is 23.6 Å². The van der Waals surface area contributed by atoms with Gasteiger partial charge >= 0.3 is 17.9 Å². The Labute approximate surface area is 200 Å². The molecule has 4 N–H and O–H groups in total.